The van der Waals surface area contributed by atoms with Crippen LogP contribution in [0, 0.1) is 11.8 Å². The van der Waals surface area contributed by atoms with E-state index in [1.807, 2.05) is 18.2 Å². The summed E-state index contributed by atoms with van der Waals surface area (Å²) in [6.45, 7) is 2.15. The normalized spacial score (nSPS) is 18.3. The van der Waals surface area contributed by atoms with Crippen molar-refractivity contribution in [3.63, 3.8) is 0 Å². The molecule has 0 saturated carbocycles. The Kier molecular flexibility index (Phi) is 6.06. The third kappa shape index (κ3) is 4.21. The number of nitrogens with zero attached hydrogens (tertiary/aromatic N) is 1. The van der Waals surface area contributed by atoms with Gasteiger partial charge in [0.15, 0.2) is 0 Å². The standard InChI is InChI=1S/C17H23NO3/c1-21-17-8-7-14(11-15(17)5-2-3-10-19)12-18-9-4-6-16(18)13-20/h7-8,11,16,19-20H,3-4,6,9-10,12-13H2,1H3. The fraction of sp³-hybridized carbons (Fsp3) is 0.529. The summed E-state index contributed by atoms with van der Waals surface area (Å²) < 4.78 is 5.32. The molecule has 2 rings (SSSR count). The third-order valence-corrected chi connectivity index (χ3v) is 3.82. The molecule has 1 fully saturated rings. The lowest BCUT2D eigenvalue weighted by Crippen LogP contribution is -2.31. The molecule has 1 atom stereocenters. The molecular weight excluding hydrogens is 266 g/mol. The van der Waals surface area contributed by atoms with E-state index in [9.17, 15) is 5.11 Å². The van der Waals surface area contributed by atoms with Crippen LogP contribution in [-0.4, -0.2) is 48.0 Å². The predicted octanol–water partition coefficient (Wildman–Crippen LogP) is 1.39. The first-order chi connectivity index (χ1) is 10.3. The molecule has 1 aliphatic rings. The first-order valence-corrected chi connectivity index (χ1v) is 7.40. The van der Waals surface area contributed by atoms with Gasteiger partial charge in [-0.1, -0.05) is 17.9 Å². The summed E-state index contributed by atoms with van der Waals surface area (Å²) in [4.78, 5) is 2.31. The van der Waals surface area contributed by atoms with Gasteiger partial charge in [-0.3, -0.25) is 4.90 Å². The van der Waals surface area contributed by atoms with Crippen molar-refractivity contribution in [1.29, 1.82) is 0 Å². The number of methoxy groups -OCH3 is 1. The summed E-state index contributed by atoms with van der Waals surface area (Å²) in [6.07, 6.45) is 2.67. The van der Waals surface area contributed by atoms with Gasteiger partial charge in [-0.25, -0.2) is 0 Å². The minimum absolute atomic E-state index is 0.0704. The SMILES string of the molecule is COc1ccc(CN2CCCC2CO)cc1C#CCCO. The van der Waals surface area contributed by atoms with Gasteiger partial charge >= 0.3 is 0 Å². The maximum Gasteiger partial charge on any atom is 0.134 e. The van der Waals surface area contributed by atoms with Gasteiger partial charge in [0.05, 0.1) is 25.9 Å². The number of aliphatic hydroxyl groups is 2. The fourth-order valence-electron chi connectivity index (χ4n) is 2.71. The van der Waals surface area contributed by atoms with Crippen molar-refractivity contribution in [2.24, 2.45) is 0 Å². The molecule has 2 N–H and O–H groups in total. The minimum Gasteiger partial charge on any atom is -0.495 e. The van der Waals surface area contributed by atoms with Crippen molar-refractivity contribution in [3.05, 3.63) is 29.3 Å². The van der Waals surface area contributed by atoms with E-state index in [0.29, 0.717) is 6.42 Å². The van der Waals surface area contributed by atoms with E-state index < -0.39 is 0 Å². The predicted molar refractivity (Wildman–Crippen MR) is 82.1 cm³/mol. The Bertz CT molecular complexity index is 519. The Morgan fingerprint density at radius 1 is 1.38 bits per heavy atom. The average Bonchev–Trinajstić information content (AvgIpc) is 2.95. The molecule has 0 spiro atoms. The molecule has 1 saturated heterocycles. The van der Waals surface area contributed by atoms with E-state index in [1.165, 1.54) is 5.56 Å². The number of aliphatic hydroxyl groups excluding tert-OH is 2. The van der Waals surface area contributed by atoms with E-state index in [4.69, 9.17) is 9.84 Å². The maximum absolute atomic E-state index is 9.39. The summed E-state index contributed by atoms with van der Waals surface area (Å²) in [5.41, 5.74) is 2.02. The second-order valence-electron chi connectivity index (χ2n) is 5.26. The van der Waals surface area contributed by atoms with E-state index in [2.05, 4.69) is 16.7 Å². The molecule has 1 heterocycles. The zero-order valence-corrected chi connectivity index (χ0v) is 12.5. The lowest BCUT2D eigenvalue weighted by atomic mass is 10.1. The number of likely N-dealkylation sites (tertiary alicyclic amines) is 1. The van der Waals surface area contributed by atoms with Crippen LogP contribution >= 0.6 is 0 Å². The maximum atomic E-state index is 9.39. The van der Waals surface area contributed by atoms with Gasteiger partial charge in [0.25, 0.3) is 0 Å². The number of hydrogen-bond acceptors (Lipinski definition) is 4. The van der Waals surface area contributed by atoms with Gasteiger partial charge in [0, 0.05) is 19.0 Å². The molecule has 1 aromatic rings. The number of rotatable bonds is 5. The summed E-state index contributed by atoms with van der Waals surface area (Å²) in [5.74, 6) is 6.74. The zero-order chi connectivity index (χ0) is 15.1. The highest BCUT2D eigenvalue weighted by Gasteiger charge is 2.23. The molecule has 1 aromatic carbocycles. The van der Waals surface area contributed by atoms with Gasteiger partial charge < -0.3 is 14.9 Å². The fourth-order valence-corrected chi connectivity index (χ4v) is 2.71. The molecule has 0 aliphatic carbocycles. The van der Waals surface area contributed by atoms with Crippen LogP contribution < -0.4 is 4.74 Å². The van der Waals surface area contributed by atoms with E-state index >= 15 is 0 Å². The van der Waals surface area contributed by atoms with Crippen molar-refractivity contribution in [3.8, 4) is 17.6 Å². The lowest BCUT2D eigenvalue weighted by molar-refractivity contribution is 0.153. The second-order valence-corrected chi connectivity index (χ2v) is 5.26. The smallest absolute Gasteiger partial charge is 0.134 e. The van der Waals surface area contributed by atoms with Crippen LogP contribution in [0.25, 0.3) is 0 Å². The Morgan fingerprint density at radius 2 is 2.24 bits per heavy atom. The highest BCUT2D eigenvalue weighted by Crippen LogP contribution is 2.23. The van der Waals surface area contributed by atoms with Crippen LogP contribution in [0.5, 0.6) is 5.75 Å². The molecule has 0 radical (unpaired) electrons. The molecule has 21 heavy (non-hydrogen) atoms. The zero-order valence-electron chi connectivity index (χ0n) is 12.5. The van der Waals surface area contributed by atoms with Gasteiger partial charge in [-0.15, -0.1) is 0 Å². The first kappa shape index (κ1) is 15.8. The van der Waals surface area contributed by atoms with Crippen molar-refractivity contribution in [2.45, 2.75) is 31.8 Å². The van der Waals surface area contributed by atoms with E-state index in [-0.39, 0.29) is 19.3 Å². The third-order valence-electron chi connectivity index (χ3n) is 3.82. The van der Waals surface area contributed by atoms with Crippen molar-refractivity contribution in [1.82, 2.24) is 4.90 Å². The Labute approximate surface area is 126 Å². The molecule has 0 amide bonds. The van der Waals surface area contributed by atoms with E-state index in [0.717, 1.165) is 37.2 Å². The number of ether oxygens (including phenoxy) is 1. The van der Waals surface area contributed by atoms with Crippen LogP contribution in [0.2, 0.25) is 0 Å². The molecule has 4 nitrogen and oxygen atoms in total. The van der Waals surface area contributed by atoms with Gasteiger partial charge in [-0.05, 0) is 37.1 Å². The molecule has 1 unspecified atom stereocenters. The number of benzene rings is 1. The largest absolute Gasteiger partial charge is 0.495 e. The van der Waals surface area contributed by atoms with Crippen molar-refractivity contribution < 1.29 is 14.9 Å². The van der Waals surface area contributed by atoms with E-state index in [1.54, 1.807) is 7.11 Å². The monoisotopic (exact) mass is 289 g/mol. The topological polar surface area (TPSA) is 52.9 Å². The number of hydrogen-bond donors (Lipinski definition) is 2. The minimum atomic E-state index is 0.0704. The van der Waals surface area contributed by atoms with Crippen molar-refractivity contribution in [2.75, 3.05) is 26.9 Å². The Hall–Kier alpha value is -1.54. The molecule has 1 aliphatic heterocycles. The molecule has 0 aromatic heterocycles. The summed E-state index contributed by atoms with van der Waals surface area (Å²) in [6, 6.07) is 6.29. The molecule has 4 heteroatoms. The highest BCUT2D eigenvalue weighted by molar-refractivity contribution is 5.48. The Balaban J connectivity index is 2.14. The van der Waals surface area contributed by atoms with Gasteiger partial charge in [0.1, 0.15) is 5.75 Å². The van der Waals surface area contributed by atoms with Gasteiger partial charge in [-0.2, -0.15) is 0 Å². The Morgan fingerprint density at radius 3 is 2.95 bits per heavy atom. The summed E-state index contributed by atoms with van der Waals surface area (Å²) >= 11 is 0. The molecule has 0 bridgehead atoms. The molecular formula is C17H23NO3. The van der Waals surface area contributed by atoms with Crippen LogP contribution in [0.3, 0.4) is 0 Å². The van der Waals surface area contributed by atoms with Crippen LogP contribution in [0.15, 0.2) is 18.2 Å². The van der Waals surface area contributed by atoms with Crippen LogP contribution in [0.1, 0.15) is 30.4 Å². The summed E-state index contributed by atoms with van der Waals surface area (Å²) in [7, 11) is 1.63. The highest BCUT2D eigenvalue weighted by atomic mass is 16.5. The quantitative estimate of drug-likeness (QED) is 0.804. The van der Waals surface area contributed by atoms with Crippen LogP contribution in [0.4, 0.5) is 0 Å². The second kappa shape index (κ2) is 8.04. The summed E-state index contributed by atoms with van der Waals surface area (Å²) in [5, 5.41) is 18.2. The lowest BCUT2D eigenvalue weighted by Gasteiger charge is -2.22. The van der Waals surface area contributed by atoms with Gasteiger partial charge in [0.2, 0.25) is 0 Å². The first-order valence-electron chi connectivity index (χ1n) is 7.40. The van der Waals surface area contributed by atoms with Crippen LogP contribution in [-0.2, 0) is 6.54 Å². The van der Waals surface area contributed by atoms with Crippen molar-refractivity contribution >= 4 is 0 Å². The molecule has 114 valence electrons. The average molecular weight is 289 g/mol.